The van der Waals surface area contributed by atoms with Gasteiger partial charge in [0, 0.05) is 10.4 Å². The highest BCUT2D eigenvalue weighted by Crippen LogP contribution is 2.36. The molecule has 1 aromatic carbocycles. The molecular weight excluding hydrogens is 274 g/mol. The van der Waals surface area contributed by atoms with Gasteiger partial charge in [-0.05, 0) is 31.5 Å². The number of benzene rings is 1. The number of hydrogen-bond donors (Lipinski definition) is 2. The number of ether oxygens (including phenoxy) is 1. The van der Waals surface area contributed by atoms with Crippen LogP contribution in [0.3, 0.4) is 0 Å². The molecule has 3 N–H and O–H groups in total. The summed E-state index contributed by atoms with van der Waals surface area (Å²) in [4.78, 5) is 17.2. The standard InChI is InChI=1S/C14H15N3O2S/c1-3-10-13(18)16-9-6-8(4-5-11(9)19-10)12-7(2)20-14(15)17-12/h4-6,10H,3H2,1-2H3,(H2,15,17)(H,16,18). The summed E-state index contributed by atoms with van der Waals surface area (Å²) in [6.45, 7) is 3.90. The molecule has 1 aliphatic rings. The minimum absolute atomic E-state index is 0.105. The Bertz CT molecular complexity index is 681. The van der Waals surface area contributed by atoms with Gasteiger partial charge in [0.1, 0.15) is 5.75 Å². The second-order valence-electron chi connectivity index (χ2n) is 4.67. The maximum absolute atomic E-state index is 11.8. The number of aromatic nitrogens is 1. The van der Waals surface area contributed by atoms with Gasteiger partial charge in [-0.1, -0.05) is 6.92 Å². The fourth-order valence-electron chi connectivity index (χ4n) is 2.25. The van der Waals surface area contributed by atoms with E-state index in [9.17, 15) is 4.79 Å². The van der Waals surface area contributed by atoms with Crippen molar-refractivity contribution in [3.63, 3.8) is 0 Å². The van der Waals surface area contributed by atoms with Gasteiger partial charge >= 0.3 is 0 Å². The number of carbonyl (C=O) groups is 1. The summed E-state index contributed by atoms with van der Waals surface area (Å²) >= 11 is 1.45. The number of nitrogens with one attached hydrogen (secondary N) is 1. The van der Waals surface area contributed by atoms with E-state index in [0.717, 1.165) is 16.1 Å². The lowest BCUT2D eigenvalue weighted by atomic mass is 10.1. The second-order valence-corrected chi connectivity index (χ2v) is 5.91. The molecule has 2 aromatic rings. The molecular formula is C14H15N3O2S. The zero-order valence-corrected chi connectivity index (χ0v) is 12.1. The normalized spacial score (nSPS) is 17.3. The first-order valence-corrected chi connectivity index (χ1v) is 7.25. The lowest BCUT2D eigenvalue weighted by Gasteiger charge is -2.25. The molecule has 0 spiro atoms. The third kappa shape index (κ3) is 2.12. The fraction of sp³-hybridized carbons (Fsp3) is 0.286. The van der Waals surface area contributed by atoms with Crippen LogP contribution in [0.2, 0.25) is 0 Å². The molecule has 5 nitrogen and oxygen atoms in total. The number of anilines is 2. The summed E-state index contributed by atoms with van der Waals surface area (Å²) in [5.74, 6) is 0.590. The molecule has 0 radical (unpaired) electrons. The lowest BCUT2D eigenvalue weighted by molar-refractivity contribution is -0.123. The van der Waals surface area contributed by atoms with Crippen LogP contribution in [0.1, 0.15) is 18.2 Å². The number of hydrogen-bond acceptors (Lipinski definition) is 5. The van der Waals surface area contributed by atoms with Gasteiger partial charge in [0.15, 0.2) is 11.2 Å². The lowest BCUT2D eigenvalue weighted by Crippen LogP contribution is -2.36. The van der Waals surface area contributed by atoms with E-state index in [2.05, 4.69) is 10.3 Å². The first-order valence-electron chi connectivity index (χ1n) is 6.43. The van der Waals surface area contributed by atoms with Crippen LogP contribution in [0.4, 0.5) is 10.8 Å². The Kier molecular flexibility index (Phi) is 3.10. The van der Waals surface area contributed by atoms with Crippen molar-refractivity contribution in [1.29, 1.82) is 0 Å². The van der Waals surface area contributed by atoms with E-state index in [1.165, 1.54) is 11.3 Å². The first kappa shape index (κ1) is 12.9. The second kappa shape index (κ2) is 4.79. The third-order valence-electron chi connectivity index (χ3n) is 3.26. The quantitative estimate of drug-likeness (QED) is 0.891. The van der Waals surface area contributed by atoms with E-state index in [0.29, 0.717) is 23.0 Å². The summed E-state index contributed by atoms with van der Waals surface area (Å²) in [6, 6.07) is 5.67. The predicted octanol–water partition coefficient (Wildman–Crippen LogP) is 2.81. The maximum atomic E-state index is 11.8. The third-order valence-corrected chi connectivity index (χ3v) is 4.06. The van der Waals surface area contributed by atoms with Crippen LogP contribution in [0.5, 0.6) is 5.75 Å². The molecule has 0 fully saturated rings. The molecule has 104 valence electrons. The molecule has 0 bridgehead atoms. The Morgan fingerprint density at radius 2 is 2.30 bits per heavy atom. The molecule has 6 heteroatoms. The van der Waals surface area contributed by atoms with Crippen LogP contribution in [-0.2, 0) is 4.79 Å². The van der Waals surface area contributed by atoms with Gasteiger partial charge in [0.05, 0.1) is 11.4 Å². The molecule has 0 saturated heterocycles. The number of carbonyl (C=O) groups excluding carboxylic acids is 1. The Balaban J connectivity index is 2.00. The molecule has 20 heavy (non-hydrogen) atoms. The van der Waals surface area contributed by atoms with Crippen LogP contribution >= 0.6 is 11.3 Å². The Hall–Kier alpha value is -2.08. The molecule has 3 rings (SSSR count). The van der Waals surface area contributed by atoms with Crippen LogP contribution in [0, 0.1) is 6.92 Å². The van der Waals surface area contributed by atoms with Crippen molar-refractivity contribution >= 4 is 28.1 Å². The van der Waals surface area contributed by atoms with E-state index in [1.807, 2.05) is 32.0 Å². The van der Waals surface area contributed by atoms with Crippen LogP contribution in [0.25, 0.3) is 11.3 Å². The fourth-order valence-corrected chi connectivity index (χ4v) is 2.96. The highest BCUT2D eigenvalue weighted by molar-refractivity contribution is 7.15. The molecule has 1 aromatic heterocycles. The predicted molar refractivity (Wildman–Crippen MR) is 80.0 cm³/mol. The zero-order valence-electron chi connectivity index (χ0n) is 11.3. The number of nitrogen functional groups attached to an aromatic ring is 1. The number of aryl methyl sites for hydroxylation is 1. The van der Waals surface area contributed by atoms with Gasteiger partial charge in [-0.2, -0.15) is 0 Å². The summed E-state index contributed by atoms with van der Waals surface area (Å²) < 4.78 is 5.67. The number of fused-ring (bicyclic) bond motifs is 1. The number of nitrogens with zero attached hydrogens (tertiary/aromatic N) is 1. The van der Waals surface area contributed by atoms with Crippen molar-refractivity contribution < 1.29 is 9.53 Å². The molecule has 0 saturated carbocycles. The highest BCUT2D eigenvalue weighted by Gasteiger charge is 2.26. The highest BCUT2D eigenvalue weighted by atomic mass is 32.1. The van der Waals surface area contributed by atoms with E-state index in [1.54, 1.807) is 0 Å². The van der Waals surface area contributed by atoms with E-state index in [-0.39, 0.29) is 5.91 Å². The number of rotatable bonds is 2. The number of nitrogens with two attached hydrogens (primary N) is 1. The minimum Gasteiger partial charge on any atom is -0.478 e. The van der Waals surface area contributed by atoms with Gasteiger partial charge in [-0.15, -0.1) is 11.3 Å². The summed E-state index contributed by atoms with van der Waals surface area (Å²) in [7, 11) is 0. The largest absolute Gasteiger partial charge is 0.478 e. The van der Waals surface area contributed by atoms with E-state index < -0.39 is 6.10 Å². The maximum Gasteiger partial charge on any atom is 0.265 e. The molecule has 0 aliphatic carbocycles. The molecule has 1 aliphatic heterocycles. The van der Waals surface area contributed by atoms with Crippen LogP contribution in [0.15, 0.2) is 18.2 Å². The van der Waals surface area contributed by atoms with Crippen molar-refractivity contribution in [1.82, 2.24) is 4.98 Å². The van der Waals surface area contributed by atoms with Crippen molar-refractivity contribution in [2.24, 2.45) is 0 Å². The monoisotopic (exact) mass is 289 g/mol. The average molecular weight is 289 g/mol. The first-order chi connectivity index (χ1) is 9.58. The zero-order chi connectivity index (χ0) is 14.3. The SMILES string of the molecule is CCC1Oc2ccc(-c3nc(N)sc3C)cc2NC1=O. The van der Waals surface area contributed by atoms with Crippen molar-refractivity contribution in [2.45, 2.75) is 26.4 Å². The van der Waals surface area contributed by atoms with Gasteiger partial charge < -0.3 is 15.8 Å². The smallest absolute Gasteiger partial charge is 0.265 e. The Morgan fingerprint density at radius 1 is 1.50 bits per heavy atom. The van der Waals surface area contributed by atoms with Crippen LogP contribution < -0.4 is 15.8 Å². The van der Waals surface area contributed by atoms with Gasteiger partial charge in [-0.3, -0.25) is 4.79 Å². The van der Waals surface area contributed by atoms with Gasteiger partial charge in [-0.25, -0.2) is 4.98 Å². The Morgan fingerprint density at radius 3 is 2.95 bits per heavy atom. The molecule has 2 heterocycles. The number of amides is 1. The molecule has 1 unspecified atom stereocenters. The van der Waals surface area contributed by atoms with E-state index >= 15 is 0 Å². The topological polar surface area (TPSA) is 77.2 Å². The summed E-state index contributed by atoms with van der Waals surface area (Å²) in [5, 5.41) is 3.42. The van der Waals surface area contributed by atoms with Crippen molar-refractivity contribution in [2.75, 3.05) is 11.1 Å². The summed E-state index contributed by atoms with van der Waals surface area (Å²) in [6.07, 6.45) is 0.236. The average Bonchev–Trinajstić information content (AvgIpc) is 2.76. The molecule has 1 amide bonds. The number of thiazole rings is 1. The summed E-state index contributed by atoms with van der Waals surface area (Å²) in [5.41, 5.74) is 8.18. The van der Waals surface area contributed by atoms with Crippen molar-refractivity contribution in [3.05, 3.63) is 23.1 Å². The molecule has 1 atom stereocenters. The van der Waals surface area contributed by atoms with E-state index in [4.69, 9.17) is 10.5 Å². The minimum atomic E-state index is -0.412. The Labute approximate surface area is 120 Å². The van der Waals surface area contributed by atoms with Crippen molar-refractivity contribution in [3.8, 4) is 17.0 Å². The van der Waals surface area contributed by atoms with Gasteiger partial charge in [0.25, 0.3) is 5.91 Å². The van der Waals surface area contributed by atoms with Crippen LogP contribution in [-0.4, -0.2) is 17.0 Å². The van der Waals surface area contributed by atoms with Gasteiger partial charge in [0.2, 0.25) is 0 Å².